The highest BCUT2D eigenvalue weighted by Crippen LogP contribution is 2.32. The van der Waals surface area contributed by atoms with Crippen molar-refractivity contribution in [2.24, 2.45) is 0 Å². The van der Waals surface area contributed by atoms with Crippen LogP contribution >= 0.6 is 0 Å². The molecule has 0 amide bonds. The van der Waals surface area contributed by atoms with Crippen molar-refractivity contribution in [3.05, 3.63) is 53.1 Å². The Bertz CT molecular complexity index is 886. The SMILES string of the molecule is CCCCOc1ccc(/C=C/C(=O)c2ccc(OC)c(C)c2OC)c(OCCCC)c1. The number of unbranched alkanes of at least 4 members (excludes halogenated alkanes) is 2. The number of methoxy groups -OCH3 is 2. The van der Waals surface area contributed by atoms with Crippen molar-refractivity contribution in [3.8, 4) is 23.0 Å². The molecule has 0 heterocycles. The molecule has 168 valence electrons. The van der Waals surface area contributed by atoms with Crippen LogP contribution < -0.4 is 18.9 Å². The summed E-state index contributed by atoms with van der Waals surface area (Å²) in [6.45, 7) is 7.42. The Morgan fingerprint density at radius 2 is 1.61 bits per heavy atom. The zero-order valence-corrected chi connectivity index (χ0v) is 19.3. The molecule has 2 rings (SSSR count). The van der Waals surface area contributed by atoms with E-state index in [1.165, 1.54) is 0 Å². The van der Waals surface area contributed by atoms with Gasteiger partial charge < -0.3 is 18.9 Å². The van der Waals surface area contributed by atoms with Crippen molar-refractivity contribution in [2.45, 2.75) is 46.5 Å². The second-order valence-corrected chi connectivity index (χ2v) is 7.27. The highest BCUT2D eigenvalue weighted by molar-refractivity contribution is 6.09. The van der Waals surface area contributed by atoms with Gasteiger partial charge in [0.1, 0.15) is 23.0 Å². The van der Waals surface area contributed by atoms with Crippen LogP contribution in [-0.2, 0) is 0 Å². The van der Waals surface area contributed by atoms with Gasteiger partial charge in [0.15, 0.2) is 5.78 Å². The number of allylic oxidation sites excluding steroid dienone is 1. The van der Waals surface area contributed by atoms with E-state index in [9.17, 15) is 4.79 Å². The van der Waals surface area contributed by atoms with Gasteiger partial charge in [0.2, 0.25) is 0 Å². The third-order valence-electron chi connectivity index (χ3n) is 4.97. The van der Waals surface area contributed by atoms with Gasteiger partial charge in [-0.2, -0.15) is 0 Å². The zero-order valence-electron chi connectivity index (χ0n) is 19.3. The fourth-order valence-corrected chi connectivity index (χ4v) is 3.14. The molecule has 0 radical (unpaired) electrons. The first kappa shape index (κ1) is 24.3. The van der Waals surface area contributed by atoms with E-state index in [1.54, 1.807) is 38.5 Å². The van der Waals surface area contributed by atoms with E-state index in [1.807, 2.05) is 25.1 Å². The molecule has 0 aliphatic rings. The molecule has 0 atom stereocenters. The summed E-state index contributed by atoms with van der Waals surface area (Å²) in [7, 11) is 3.15. The average molecular weight is 427 g/mol. The van der Waals surface area contributed by atoms with E-state index >= 15 is 0 Å². The Morgan fingerprint density at radius 1 is 0.903 bits per heavy atom. The third-order valence-corrected chi connectivity index (χ3v) is 4.97. The van der Waals surface area contributed by atoms with Gasteiger partial charge in [0.05, 0.1) is 33.0 Å². The van der Waals surface area contributed by atoms with Crippen molar-refractivity contribution in [1.29, 1.82) is 0 Å². The second kappa shape index (κ2) is 12.7. The van der Waals surface area contributed by atoms with Gasteiger partial charge >= 0.3 is 0 Å². The first-order valence-corrected chi connectivity index (χ1v) is 10.9. The molecule has 0 aromatic heterocycles. The number of hydrogen-bond donors (Lipinski definition) is 0. The lowest BCUT2D eigenvalue weighted by Gasteiger charge is -2.13. The molecule has 0 bridgehead atoms. The van der Waals surface area contributed by atoms with Crippen molar-refractivity contribution >= 4 is 11.9 Å². The van der Waals surface area contributed by atoms with Crippen LogP contribution in [-0.4, -0.2) is 33.2 Å². The van der Waals surface area contributed by atoms with Gasteiger partial charge in [0.25, 0.3) is 0 Å². The van der Waals surface area contributed by atoms with Crippen LogP contribution in [0.4, 0.5) is 0 Å². The summed E-state index contributed by atoms with van der Waals surface area (Å²) >= 11 is 0. The van der Waals surface area contributed by atoms with Crippen molar-refractivity contribution < 1.29 is 23.7 Å². The van der Waals surface area contributed by atoms with Crippen molar-refractivity contribution in [2.75, 3.05) is 27.4 Å². The monoisotopic (exact) mass is 426 g/mol. The summed E-state index contributed by atoms with van der Waals surface area (Å²) in [4.78, 5) is 12.9. The molecule has 0 aliphatic carbocycles. The average Bonchev–Trinajstić information content (AvgIpc) is 2.78. The Kier molecular flexibility index (Phi) is 9.95. The molecule has 0 saturated carbocycles. The summed E-state index contributed by atoms with van der Waals surface area (Å²) in [6.07, 6.45) is 7.42. The molecular weight excluding hydrogens is 392 g/mol. The van der Waals surface area contributed by atoms with E-state index in [0.29, 0.717) is 36.0 Å². The number of ether oxygens (including phenoxy) is 4. The van der Waals surface area contributed by atoms with Crippen LogP contribution in [0.5, 0.6) is 23.0 Å². The summed E-state index contributed by atoms with van der Waals surface area (Å²) in [5.41, 5.74) is 2.11. The largest absolute Gasteiger partial charge is 0.496 e. The third kappa shape index (κ3) is 6.78. The van der Waals surface area contributed by atoms with Crippen LogP contribution in [0.1, 0.15) is 61.0 Å². The molecule has 2 aromatic rings. The van der Waals surface area contributed by atoms with Crippen LogP contribution in [0.3, 0.4) is 0 Å². The molecule has 0 aliphatic heterocycles. The number of carbonyl (C=O) groups excluding carboxylic acids is 1. The van der Waals surface area contributed by atoms with Crippen LogP contribution in [0.25, 0.3) is 6.08 Å². The quantitative estimate of drug-likeness (QED) is 0.215. The topological polar surface area (TPSA) is 54.0 Å². The smallest absolute Gasteiger partial charge is 0.189 e. The lowest BCUT2D eigenvalue weighted by molar-refractivity contribution is 0.104. The fourth-order valence-electron chi connectivity index (χ4n) is 3.14. The molecule has 5 heteroatoms. The van der Waals surface area contributed by atoms with Crippen LogP contribution in [0, 0.1) is 6.92 Å². The lowest BCUT2D eigenvalue weighted by Crippen LogP contribution is -2.03. The predicted octanol–water partition coefficient (Wildman–Crippen LogP) is 6.27. The van der Waals surface area contributed by atoms with Crippen LogP contribution in [0.15, 0.2) is 36.4 Å². The standard InChI is InChI=1S/C26H34O5/c1-6-8-16-30-21-12-10-20(25(18-21)31-17-9-7-2)11-14-23(27)22-13-15-24(28-4)19(3)26(22)29-5/h10-15,18H,6-9,16-17H2,1-5H3/b14-11+. The zero-order chi connectivity index (χ0) is 22.6. The molecule has 5 nitrogen and oxygen atoms in total. The van der Waals surface area contributed by atoms with Gasteiger partial charge in [-0.3, -0.25) is 4.79 Å². The maximum atomic E-state index is 12.9. The van der Waals surface area contributed by atoms with Gasteiger partial charge in [-0.15, -0.1) is 0 Å². The van der Waals surface area contributed by atoms with E-state index in [2.05, 4.69) is 13.8 Å². The molecule has 0 fully saturated rings. The fraction of sp³-hybridized carbons (Fsp3) is 0.423. The number of ketones is 1. The second-order valence-electron chi connectivity index (χ2n) is 7.27. The maximum absolute atomic E-state index is 12.9. The van der Waals surface area contributed by atoms with Gasteiger partial charge in [-0.05, 0) is 56.2 Å². The van der Waals surface area contributed by atoms with Crippen molar-refractivity contribution in [1.82, 2.24) is 0 Å². The van der Waals surface area contributed by atoms with E-state index < -0.39 is 0 Å². The lowest BCUT2D eigenvalue weighted by atomic mass is 10.0. The summed E-state index contributed by atoms with van der Waals surface area (Å²) < 4.78 is 22.6. The molecule has 0 spiro atoms. The molecule has 0 unspecified atom stereocenters. The Balaban J connectivity index is 2.26. The number of hydrogen-bond acceptors (Lipinski definition) is 5. The maximum Gasteiger partial charge on any atom is 0.189 e. The van der Waals surface area contributed by atoms with E-state index in [0.717, 1.165) is 42.6 Å². The van der Waals surface area contributed by atoms with Gasteiger partial charge in [-0.25, -0.2) is 0 Å². The Labute approximate surface area is 186 Å². The number of rotatable bonds is 13. The summed E-state index contributed by atoms with van der Waals surface area (Å²) in [5.74, 6) is 2.54. The number of carbonyl (C=O) groups is 1. The highest BCUT2D eigenvalue weighted by atomic mass is 16.5. The molecule has 0 N–H and O–H groups in total. The van der Waals surface area contributed by atoms with E-state index in [-0.39, 0.29) is 5.78 Å². The molecule has 2 aromatic carbocycles. The predicted molar refractivity (Wildman–Crippen MR) is 125 cm³/mol. The number of benzene rings is 2. The molecular formula is C26H34O5. The molecule has 0 saturated heterocycles. The Morgan fingerprint density at radius 3 is 2.26 bits per heavy atom. The summed E-state index contributed by atoms with van der Waals surface area (Å²) in [6, 6.07) is 9.22. The van der Waals surface area contributed by atoms with Crippen molar-refractivity contribution in [3.63, 3.8) is 0 Å². The summed E-state index contributed by atoms with van der Waals surface area (Å²) in [5, 5.41) is 0. The Hall–Kier alpha value is -2.95. The highest BCUT2D eigenvalue weighted by Gasteiger charge is 2.15. The van der Waals surface area contributed by atoms with Gasteiger partial charge in [0, 0.05) is 17.2 Å². The van der Waals surface area contributed by atoms with Gasteiger partial charge in [-0.1, -0.05) is 26.7 Å². The minimum absolute atomic E-state index is 0.148. The normalized spacial score (nSPS) is 10.9. The molecule has 31 heavy (non-hydrogen) atoms. The van der Waals surface area contributed by atoms with Crippen LogP contribution in [0.2, 0.25) is 0 Å². The minimum Gasteiger partial charge on any atom is -0.496 e. The first-order valence-electron chi connectivity index (χ1n) is 10.9. The first-order chi connectivity index (χ1) is 15.0. The minimum atomic E-state index is -0.148. The van der Waals surface area contributed by atoms with E-state index in [4.69, 9.17) is 18.9 Å².